The van der Waals surface area contributed by atoms with Crippen LogP contribution in [-0.4, -0.2) is 6.29 Å². The number of carbonyl (C=O) groups excluding carboxylic acids is 1. The molecule has 0 amide bonds. The Labute approximate surface area is 92.6 Å². The van der Waals surface area contributed by atoms with E-state index in [4.69, 9.17) is 0 Å². The summed E-state index contributed by atoms with van der Waals surface area (Å²) in [5, 5.41) is 0.751. The lowest BCUT2D eigenvalue weighted by atomic mass is 10.1. The van der Waals surface area contributed by atoms with E-state index < -0.39 is 0 Å². The minimum absolute atomic E-state index is 0.272. The first-order valence-electron chi connectivity index (χ1n) is 4.82. The van der Waals surface area contributed by atoms with Gasteiger partial charge in [0.1, 0.15) is 12.1 Å². The summed E-state index contributed by atoms with van der Waals surface area (Å²) in [7, 11) is 2.43. The number of allylic oxidation sites excluding steroid dienone is 1. The molecule has 3 heteroatoms. The fourth-order valence-electron chi connectivity index (χ4n) is 0.956. The van der Waals surface area contributed by atoms with Crippen LogP contribution < -0.4 is 5.30 Å². The molecule has 0 fully saturated rings. The topological polar surface area (TPSA) is 17.1 Å². The summed E-state index contributed by atoms with van der Waals surface area (Å²) in [6.45, 7) is 5.71. The van der Waals surface area contributed by atoms with Crippen molar-refractivity contribution in [3.8, 4) is 0 Å². The molecule has 0 saturated heterocycles. The van der Waals surface area contributed by atoms with Crippen molar-refractivity contribution in [1.29, 1.82) is 0 Å². The number of carbonyl (C=O) groups is 1. The fraction of sp³-hybridized carbons (Fsp3) is 0.250. The molecule has 0 aliphatic heterocycles. The molecule has 0 aromatic heterocycles. The maximum absolute atomic E-state index is 12.7. The van der Waals surface area contributed by atoms with E-state index in [-0.39, 0.29) is 5.82 Å². The van der Waals surface area contributed by atoms with Crippen molar-refractivity contribution in [1.82, 2.24) is 0 Å². The number of halogens is 1. The molecule has 1 unspecified atom stereocenters. The van der Waals surface area contributed by atoms with Crippen LogP contribution in [0.4, 0.5) is 4.39 Å². The fourth-order valence-corrected chi connectivity index (χ4v) is 1.30. The Morgan fingerprint density at radius 1 is 1.40 bits per heavy atom. The Hall–Kier alpha value is -1.01. The number of rotatable bonds is 2. The van der Waals surface area contributed by atoms with E-state index in [1.807, 2.05) is 13.8 Å². The summed E-state index contributed by atoms with van der Waals surface area (Å²) in [5.41, 5.74) is 1.46. The van der Waals surface area contributed by atoms with Crippen LogP contribution in [-0.2, 0) is 4.79 Å². The SMILES string of the molecule is C/C(C=O)=C\c1ccc(F)cc1P.CC. The molecule has 0 spiro atoms. The molecular weight excluding hydrogens is 210 g/mol. The first kappa shape index (κ1) is 14.0. The molecule has 0 aliphatic carbocycles. The third kappa shape index (κ3) is 4.85. The zero-order valence-electron chi connectivity index (χ0n) is 9.25. The van der Waals surface area contributed by atoms with E-state index in [0.717, 1.165) is 17.2 Å². The van der Waals surface area contributed by atoms with Gasteiger partial charge >= 0.3 is 0 Å². The van der Waals surface area contributed by atoms with E-state index in [9.17, 15) is 9.18 Å². The zero-order valence-corrected chi connectivity index (χ0v) is 10.4. The predicted molar refractivity (Wildman–Crippen MR) is 66.8 cm³/mol. The van der Waals surface area contributed by atoms with Gasteiger partial charge in [0.15, 0.2) is 0 Å². The summed E-state index contributed by atoms with van der Waals surface area (Å²) in [4.78, 5) is 10.3. The first-order valence-corrected chi connectivity index (χ1v) is 5.39. The highest BCUT2D eigenvalue weighted by Crippen LogP contribution is 2.07. The Bertz CT molecular complexity index is 359. The van der Waals surface area contributed by atoms with Crippen LogP contribution in [0.25, 0.3) is 6.08 Å². The summed E-state index contributed by atoms with van der Waals surface area (Å²) in [6, 6.07) is 4.43. The molecule has 0 aliphatic rings. The Morgan fingerprint density at radius 3 is 2.47 bits per heavy atom. The van der Waals surface area contributed by atoms with Crippen LogP contribution in [0.2, 0.25) is 0 Å². The zero-order chi connectivity index (χ0) is 11.8. The smallest absolute Gasteiger partial charge is 0.145 e. The average Bonchev–Trinajstić information content (AvgIpc) is 2.25. The van der Waals surface area contributed by atoms with Gasteiger partial charge in [0.05, 0.1) is 0 Å². The lowest BCUT2D eigenvalue weighted by Crippen LogP contribution is -1.98. The number of benzene rings is 1. The van der Waals surface area contributed by atoms with E-state index in [1.165, 1.54) is 12.1 Å². The molecule has 0 saturated carbocycles. The van der Waals surface area contributed by atoms with Crippen molar-refractivity contribution < 1.29 is 9.18 Å². The molecule has 0 radical (unpaired) electrons. The van der Waals surface area contributed by atoms with Gasteiger partial charge in [-0.25, -0.2) is 4.39 Å². The van der Waals surface area contributed by atoms with Gasteiger partial charge in [-0.2, -0.15) is 0 Å². The van der Waals surface area contributed by atoms with Crippen LogP contribution in [0.15, 0.2) is 23.8 Å². The Morgan fingerprint density at radius 2 is 2.00 bits per heavy atom. The third-order valence-corrected chi connectivity index (χ3v) is 2.12. The van der Waals surface area contributed by atoms with Gasteiger partial charge in [-0.3, -0.25) is 4.79 Å². The molecule has 15 heavy (non-hydrogen) atoms. The van der Waals surface area contributed by atoms with Crippen molar-refractivity contribution >= 4 is 26.9 Å². The van der Waals surface area contributed by atoms with Gasteiger partial charge in [-0.1, -0.05) is 19.9 Å². The Balaban J connectivity index is 0.000000921. The van der Waals surface area contributed by atoms with Crippen molar-refractivity contribution in [2.45, 2.75) is 20.8 Å². The molecule has 0 bridgehead atoms. The summed E-state index contributed by atoms with van der Waals surface area (Å²) < 4.78 is 12.7. The van der Waals surface area contributed by atoms with Crippen LogP contribution in [0.5, 0.6) is 0 Å². The quantitative estimate of drug-likeness (QED) is 0.430. The van der Waals surface area contributed by atoms with Gasteiger partial charge in [-0.05, 0) is 41.6 Å². The molecule has 82 valence electrons. The van der Waals surface area contributed by atoms with E-state index in [0.29, 0.717) is 5.57 Å². The minimum Gasteiger partial charge on any atom is -0.298 e. The minimum atomic E-state index is -0.272. The van der Waals surface area contributed by atoms with Crippen LogP contribution in [0, 0.1) is 5.82 Å². The number of hydrogen-bond donors (Lipinski definition) is 0. The van der Waals surface area contributed by atoms with Crippen molar-refractivity contribution in [3.63, 3.8) is 0 Å². The highest BCUT2D eigenvalue weighted by molar-refractivity contribution is 7.27. The van der Waals surface area contributed by atoms with Gasteiger partial charge in [-0.15, -0.1) is 9.24 Å². The maximum atomic E-state index is 12.7. The van der Waals surface area contributed by atoms with Crippen LogP contribution >= 0.6 is 9.24 Å². The lowest BCUT2D eigenvalue weighted by molar-refractivity contribution is -0.104. The second-order valence-electron chi connectivity index (χ2n) is 2.78. The molecule has 1 atom stereocenters. The molecule has 0 heterocycles. The highest BCUT2D eigenvalue weighted by atomic mass is 31.0. The van der Waals surface area contributed by atoms with Crippen LogP contribution in [0.3, 0.4) is 0 Å². The molecule has 1 aromatic carbocycles. The monoisotopic (exact) mass is 226 g/mol. The van der Waals surface area contributed by atoms with E-state index in [2.05, 4.69) is 9.24 Å². The first-order chi connectivity index (χ1) is 7.13. The summed E-state index contributed by atoms with van der Waals surface area (Å²) in [5.74, 6) is -0.272. The molecule has 0 N–H and O–H groups in total. The molecule has 1 rings (SSSR count). The number of hydrogen-bond acceptors (Lipinski definition) is 1. The molecule has 1 nitrogen and oxygen atoms in total. The van der Waals surface area contributed by atoms with Crippen molar-refractivity contribution in [2.75, 3.05) is 0 Å². The van der Waals surface area contributed by atoms with E-state index >= 15 is 0 Å². The van der Waals surface area contributed by atoms with Crippen molar-refractivity contribution in [2.24, 2.45) is 0 Å². The summed E-state index contributed by atoms with van der Waals surface area (Å²) >= 11 is 0. The van der Waals surface area contributed by atoms with Crippen molar-refractivity contribution in [3.05, 3.63) is 35.2 Å². The largest absolute Gasteiger partial charge is 0.298 e. The predicted octanol–water partition coefficient (Wildman–Crippen LogP) is 2.95. The normalized spacial score (nSPS) is 10.3. The van der Waals surface area contributed by atoms with Gasteiger partial charge in [0, 0.05) is 0 Å². The standard InChI is InChI=1S/C10H10FOP.C2H6/c1-7(6-12)4-8-2-3-9(11)5-10(8)13;1-2/h2-6H,13H2,1H3;1-2H3/b7-4+;. The average molecular weight is 226 g/mol. The lowest BCUT2D eigenvalue weighted by Gasteiger charge is -1.99. The molecular formula is C12H16FOP. The second-order valence-corrected chi connectivity index (χ2v) is 3.40. The molecule has 1 aromatic rings. The highest BCUT2D eigenvalue weighted by Gasteiger charge is 1.97. The second kappa shape index (κ2) is 7.30. The Kier molecular flexibility index (Phi) is 6.81. The number of aldehydes is 1. The van der Waals surface area contributed by atoms with Gasteiger partial charge in [0.25, 0.3) is 0 Å². The van der Waals surface area contributed by atoms with Gasteiger partial charge in [0.2, 0.25) is 0 Å². The maximum Gasteiger partial charge on any atom is 0.145 e. The third-order valence-electron chi connectivity index (χ3n) is 1.62. The van der Waals surface area contributed by atoms with Gasteiger partial charge < -0.3 is 0 Å². The summed E-state index contributed by atoms with van der Waals surface area (Å²) in [6.07, 6.45) is 2.49. The van der Waals surface area contributed by atoms with Crippen LogP contribution in [0.1, 0.15) is 26.3 Å². The van der Waals surface area contributed by atoms with E-state index in [1.54, 1.807) is 19.1 Å².